The van der Waals surface area contributed by atoms with Gasteiger partial charge < -0.3 is 13.7 Å². The molecule has 126 valence electrons. The molecule has 0 fully saturated rings. The van der Waals surface area contributed by atoms with Gasteiger partial charge >= 0.3 is 5.97 Å². The summed E-state index contributed by atoms with van der Waals surface area (Å²) in [5.41, 5.74) is 0.406. The Morgan fingerprint density at radius 3 is 2.76 bits per heavy atom. The van der Waals surface area contributed by atoms with E-state index in [9.17, 15) is 9.59 Å². The third-order valence-corrected chi connectivity index (χ3v) is 3.97. The number of imidazole rings is 1. The molecule has 0 amide bonds. The molecule has 0 aromatic carbocycles. The normalized spacial score (nSPS) is 10.6. The molecule has 0 N–H and O–H groups in total. The van der Waals surface area contributed by atoms with E-state index in [-0.39, 0.29) is 17.7 Å². The highest BCUT2D eigenvalue weighted by atomic mass is 35.5. The number of pyridine rings is 2. The summed E-state index contributed by atoms with van der Waals surface area (Å²) in [6.07, 6.45) is 4.62. The molecule has 0 spiro atoms. The second-order valence-electron chi connectivity index (χ2n) is 5.15. The first-order valence-electron chi connectivity index (χ1n) is 6.98. The standard InChI is InChI=1S/C16H10Cl2N4O3/c1-25-16(24)10-2-9(4-19)15(23)22(5-10)8-12-7-21-6-11(17)3-13(18)14(21)20-12/h2-3,5-7H,8H2,1H3. The van der Waals surface area contributed by atoms with Crippen LogP contribution in [0.2, 0.25) is 10.0 Å². The lowest BCUT2D eigenvalue weighted by Crippen LogP contribution is -2.24. The van der Waals surface area contributed by atoms with Crippen LogP contribution in [0.1, 0.15) is 21.6 Å². The first kappa shape index (κ1) is 17.0. The first-order chi connectivity index (χ1) is 11.9. The van der Waals surface area contributed by atoms with Gasteiger partial charge in [0.1, 0.15) is 11.6 Å². The molecular formula is C16H10Cl2N4O3. The highest BCUT2D eigenvalue weighted by molar-refractivity contribution is 6.36. The van der Waals surface area contributed by atoms with Crippen molar-refractivity contribution in [2.45, 2.75) is 6.54 Å². The van der Waals surface area contributed by atoms with Crippen molar-refractivity contribution in [3.05, 3.63) is 67.9 Å². The third-order valence-electron chi connectivity index (χ3n) is 3.48. The molecule has 25 heavy (non-hydrogen) atoms. The number of nitrogens with zero attached hydrogens (tertiary/aromatic N) is 4. The van der Waals surface area contributed by atoms with Crippen LogP contribution in [0.4, 0.5) is 0 Å². The highest BCUT2D eigenvalue weighted by Gasteiger charge is 2.14. The van der Waals surface area contributed by atoms with E-state index in [2.05, 4.69) is 9.72 Å². The second-order valence-corrected chi connectivity index (χ2v) is 5.99. The number of fused-ring (bicyclic) bond motifs is 1. The Labute approximate surface area is 151 Å². The van der Waals surface area contributed by atoms with E-state index < -0.39 is 11.5 Å². The number of aromatic nitrogens is 3. The van der Waals surface area contributed by atoms with E-state index in [1.54, 1.807) is 28.9 Å². The maximum Gasteiger partial charge on any atom is 0.339 e. The number of carbonyl (C=O) groups excluding carboxylic acids is 1. The zero-order valence-corrected chi connectivity index (χ0v) is 14.4. The monoisotopic (exact) mass is 376 g/mol. The Balaban J connectivity index is 2.08. The number of hydrogen-bond donors (Lipinski definition) is 0. The van der Waals surface area contributed by atoms with Gasteiger partial charge in [-0.15, -0.1) is 0 Å². The summed E-state index contributed by atoms with van der Waals surface area (Å²) < 4.78 is 7.51. The molecule has 3 rings (SSSR count). The maximum absolute atomic E-state index is 12.3. The molecule has 3 heterocycles. The van der Waals surface area contributed by atoms with Gasteiger partial charge in [-0.3, -0.25) is 4.79 Å². The van der Waals surface area contributed by atoms with Crippen LogP contribution in [0, 0.1) is 11.3 Å². The Kier molecular flexibility index (Phi) is 4.49. The van der Waals surface area contributed by atoms with Crippen molar-refractivity contribution in [1.82, 2.24) is 14.0 Å². The fraction of sp³-hybridized carbons (Fsp3) is 0.125. The second kappa shape index (κ2) is 6.59. The van der Waals surface area contributed by atoms with Crippen LogP contribution in [0.25, 0.3) is 5.65 Å². The molecule has 0 radical (unpaired) electrons. The van der Waals surface area contributed by atoms with Crippen molar-refractivity contribution in [1.29, 1.82) is 5.26 Å². The predicted molar refractivity (Wildman–Crippen MR) is 91.1 cm³/mol. The van der Waals surface area contributed by atoms with E-state index in [0.29, 0.717) is 21.4 Å². The molecule has 3 aromatic rings. The van der Waals surface area contributed by atoms with E-state index in [1.807, 2.05) is 0 Å². The first-order valence-corrected chi connectivity index (χ1v) is 7.74. The Morgan fingerprint density at radius 1 is 1.32 bits per heavy atom. The number of esters is 1. The maximum atomic E-state index is 12.3. The van der Waals surface area contributed by atoms with Crippen molar-refractivity contribution < 1.29 is 9.53 Å². The lowest BCUT2D eigenvalue weighted by molar-refractivity contribution is 0.0599. The topological polar surface area (TPSA) is 89.4 Å². The molecule has 0 bridgehead atoms. The van der Waals surface area contributed by atoms with Gasteiger partial charge in [0, 0.05) is 18.6 Å². The zero-order valence-electron chi connectivity index (χ0n) is 12.9. The molecule has 0 saturated carbocycles. The minimum atomic E-state index is -0.643. The van der Waals surface area contributed by atoms with Crippen molar-refractivity contribution >= 4 is 34.8 Å². The number of carbonyl (C=O) groups is 1. The van der Waals surface area contributed by atoms with Crippen molar-refractivity contribution in [2.24, 2.45) is 0 Å². The number of methoxy groups -OCH3 is 1. The lowest BCUT2D eigenvalue weighted by atomic mass is 10.2. The molecule has 9 heteroatoms. The summed E-state index contributed by atoms with van der Waals surface area (Å²) >= 11 is 12.1. The summed E-state index contributed by atoms with van der Waals surface area (Å²) in [7, 11) is 1.22. The third kappa shape index (κ3) is 3.22. The van der Waals surface area contributed by atoms with Crippen LogP contribution in [0.5, 0.6) is 0 Å². The molecule has 7 nitrogen and oxygen atoms in total. The Morgan fingerprint density at radius 2 is 2.08 bits per heavy atom. The van der Waals surface area contributed by atoms with Gasteiger partial charge in [0.15, 0.2) is 5.65 Å². The van der Waals surface area contributed by atoms with Gasteiger partial charge in [-0.05, 0) is 12.1 Å². The Hall–Kier alpha value is -2.82. The molecule has 0 aliphatic rings. The van der Waals surface area contributed by atoms with Crippen LogP contribution < -0.4 is 5.56 Å². The Bertz CT molecular complexity index is 1100. The van der Waals surface area contributed by atoms with Crippen LogP contribution in [0.3, 0.4) is 0 Å². The van der Waals surface area contributed by atoms with Crippen LogP contribution in [-0.2, 0) is 11.3 Å². The van der Waals surface area contributed by atoms with Crippen LogP contribution >= 0.6 is 23.2 Å². The van der Waals surface area contributed by atoms with Gasteiger partial charge in [0.25, 0.3) is 5.56 Å². The van der Waals surface area contributed by atoms with Gasteiger partial charge in [0.2, 0.25) is 0 Å². The van der Waals surface area contributed by atoms with Crippen molar-refractivity contribution in [3.63, 3.8) is 0 Å². The van der Waals surface area contributed by atoms with Gasteiger partial charge in [-0.2, -0.15) is 5.26 Å². The summed E-state index contributed by atoms with van der Waals surface area (Å²) in [6, 6.07) is 4.54. The summed E-state index contributed by atoms with van der Waals surface area (Å²) in [5, 5.41) is 9.91. The highest BCUT2D eigenvalue weighted by Crippen LogP contribution is 2.22. The number of nitriles is 1. The molecule has 0 atom stereocenters. The minimum absolute atomic E-state index is 0.0496. The molecular weight excluding hydrogens is 367 g/mol. The fourth-order valence-electron chi connectivity index (χ4n) is 2.39. The summed E-state index contributed by atoms with van der Waals surface area (Å²) in [6.45, 7) is 0.0496. The molecule has 0 unspecified atom stereocenters. The molecule has 3 aromatic heterocycles. The van der Waals surface area contributed by atoms with Gasteiger partial charge in [-0.25, -0.2) is 9.78 Å². The average molecular weight is 377 g/mol. The van der Waals surface area contributed by atoms with E-state index in [0.717, 1.165) is 0 Å². The van der Waals surface area contributed by atoms with Gasteiger partial charge in [0.05, 0.1) is 35.0 Å². The summed E-state index contributed by atoms with van der Waals surface area (Å²) in [4.78, 5) is 28.4. The van der Waals surface area contributed by atoms with Crippen LogP contribution in [-0.4, -0.2) is 27.0 Å². The SMILES string of the molecule is COC(=O)c1cc(C#N)c(=O)n(Cc2cn3cc(Cl)cc(Cl)c3n2)c1. The van der Waals surface area contributed by atoms with E-state index in [4.69, 9.17) is 28.5 Å². The minimum Gasteiger partial charge on any atom is -0.465 e. The lowest BCUT2D eigenvalue weighted by Gasteiger charge is -2.07. The van der Waals surface area contributed by atoms with Crippen LogP contribution in [0.15, 0.2) is 35.5 Å². The predicted octanol–water partition coefficient (Wildman–Crippen LogP) is 2.51. The number of halogens is 2. The average Bonchev–Trinajstić information content (AvgIpc) is 2.98. The van der Waals surface area contributed by atoms with E-state index >= 15 is 0 Å². The fourth-order valence-corrected chi connectivity index (χ4v) is 2.92. The van der Waals surface area contributed by atoms with Gasteiger partial charge in [-0.1, -0.05) is 23.2 Å². The number of ether oxygens (including phenoxy) is 1. The van der Waals surface area contributed by atoms with E-state index in [1.165, 1.54) is 23.9 Å². The van der Waals surface area contributed by atoms with Crippen molar-refractivity contribution in [3.8, 4) is 6.07 Å². The van der Waals surface area contributed by atoms with Crippen molar-refractivity contribution in [2.75, 3.05) is 7.11 Å². The number of rotatable bonds is 3. The zero-order chi connectivity index (χ0) is 18.1. The number of hydrogen-bond acceptors (Lipinski definition) is 5. The molecule has 0 saturated heterocycles. The largest absolute Gasteiger partial charge is 0.465 e. The molecule has 0 aliphatic carbocycles. The summed E-state index contributed by atoms with van der Waals surface area (Å²) in [5.74, 6) is -0.643. The smallest absolute Gasteiger partial charge is 0.339 e. The quantitative estimate of drug-likeness (QED) is 0.655. The molecule has 0 aliphatic heterocycles.